The van der Waals surface area contributed by atoms with E-state index in [0.717, 1.165) is 11.1 Å². The fraction of sp³-hybridized carbons (Fsp3) is 0.182. The largest absolute Gasteiger partial charge is 0.465 e. The fourth-order valence-corrected chi connectivity index (χ4v) is 1.45. The first-order valence-electron chi connectivity index (χ1n) is 4.12. The number of carbonyl (C=O) groups excluding carboxylic acids is 1. The van der Waals surface area contributed by atoms with Gasteiger partial charge in [-0.15, -0.1) is 0 Å². The van der Waals surface area contributed by atoms with Crippen LogP contribution in [0.4, 0.5) is 0 Å². The summed E-state index contributed by atoms with van der Waals surface area (Å²) < 4.78 is 4.68. The van der Waals surface area contributed by atoms with Crippen LogP contribution in [0.2, 0.25) is 0 Å². The molecule has 0 aliphatic heterocycles. The van der Waals surface area contributed by atoms with Gasteiger partial charge in [-0.1, -0.05) is 40.7 Å². The number of rotatable bonds is 3. The Hall–Kier alpha value is -1.09. The summed E-state index contributed by atoms with van der Waals surface area (Å²) >= 11 is 3.31. The van der Waals surface area contributed by atoms with Crippen LogP contribution in [0.3, 0.4) is 0 Å². The van der Waals surface area contributed by atoms with E-state index in [0.29, 0.717) is 10.9 Å². The zero-order valence-electron chi connectivity index (χ0n) is 7.92. The minimum Gasteiger partial charge on any atom is -0.465 e. The Morgan fingerprint density at radius 2 is 2.00 bits per heavy atom. The van der Waals surface area contributed by atoms with Gasteiger partial charge in [0.05, 0.1) is 12.7 Å². The average molecular weight is 255 g/mol. The third-order valence-corrected chi connectivity index (χ3v) is 2.55. The minimum absolute atomic E-state index is 0.331. The molecule has 74 valence electrons. The first kappa shape index (κ1) is 11.0. The van der Waals surface area contributed by atoms with Gasteiger partial charge in [0, 0.05) is 5.33 Å². The first-order chi connectivity index (χ1) is 6.70. The Bertz CT molecular complexity index is 323. The van der Waals surface area contributed by atoms with Crippen molar-refractivity contribution in [1.29, 1.82) is 0 Å². The maximum Gasteiger partial charge on any atom is 0.338 e. The predicted molar refractivity (Wildman–Crippen MR) is 60.6 cm³/mol. The summed E-state index contributed by atoms with van der Waals surface area (Å²) in [7, 11) is 1.37. The second kappa shape index (κ2) is 4.96. The summed E-state index contributed by atoms with van der Waals surface area (Å²) in [4.78, 5) is 11.4. The van der Waals surface area contributed by atoms with Gasteiger partial charge in [0.15, 0.2) is 0 Å². The van der Waals surface area contributed by atoms with E-state index in [-0.39, 0.29) is 5.97 Å². The molecule has 0 amide bonds. The predicted octanol–water partition coefficient (Wildman–Crippen LogP) is 2.88. The smallest absolute Gasteiger partial charge is 0.338 e. The lowest BCUT2D eigenvalue weighted by molar-refractivity contribution is 0.0600. The van der Waals surface area contributed by atoms with Crippen molar-refractivity contribution < 1.29 is 9.53 Å². The number of halogens is 1. The molecule has 3 heteroatoms. The summed E-state index contributed by atoms with van der Waals surface area (Å²) in [5.41, 5.74) is 2.25. The van der Waals surface area contributed by atoms with Gasteiger partial charge in [-0.2, -0.15) is 0 Å². The topological polar surface area (TPSA) is 26.3 Å². The highest BCUT2D eigenvalue weighted by molar-refractivity contribution is 9.09. The molecule has 0 radical (unpaired) electrons. The minimum atomic E-state index is -0.331. The van der Waals surface area contributed by atoms with Gasteiger partial charge in [-0.25, -0.2) is 4.79 Å². The Labute approximate surface area is 91.7 Å². The van der Waals surface area contributed by atoms with Crippen molar-refractivity contribution in [2.75, 3.05) is 12.4 Å². The van der Waals surface area contributed by atoms with Gasteiger partial charge >= 0.3 is 5.97 Å². The number of hydrogen-bond acceptors (Lipinski definition) is 2. The van der Waals surface area contributed by atoms with E-state index >= 15 is 0 Å². The van der Waals surface area contributed by atoms with E-state index in [1.54, 1.807) is 12.1 Å². The highest BCUT2D eigenvalue weighted by Crippen LogP contribution is 2.19. The molecule has 1 aromatic carbocycles. The van der Waals surface area contributed by atoms with Crippen LogP contribution in [0.1, 0.15) is 15.9 Å². The third kappa shape index (κ3) is 2.23. The van der Waals surface area contributed by atoms with Crippen LogP contribution >= 0.6 is 15.9 Å². The number of methoxy groups -OCH3 is 1. The summed E-state index contributed by atoms with van der Waals surface area (Å²) in [6, 6.07) is 7.26. The summed E-state index contributed by atoms with van der Waals surface area (Å²) in [5, 5.41) is 0.640. The molecular weight excluding hydrogens is 244 g/mol. The number of alkyl halides is 1. The molecule has 0 bridgehead atoms. The molecule has 0 saturated carbocycles. The molecule has 1 aromatic rings. The fourth-order valence-electron chi connectivity index (χ4n) is 1.15. The molecular formula is C11H11BrO2. The van der Waals surface area contributed by atoms with Crippen LogP contribution in [-0.2, 0) is 4.74 Å². The van der Waals surface area contributed by atoms with Crippen LogP contribution in [0.25, 0.3) is 5.57 Å². The van der Waals surface area contributed by atoms with Crippen molar-refractivity contribution in [1.82, 2.24) is 0 Å². The number of hydrogen-bond donors (Lipinski definition) is 0. The van der Waals surface area contributed by atoms with E-state index in [1.807, 2.05) is 12.1 Å². The molecule has 0 aliphatic rings. The molecule has 0 aliphatic carbocycles. The van der Waals surface area contributed by atoms with E-state index in [1.165, 1.54) is 7.11 Å². The number of esters is 1. The van der Waals surface area contributed by atoms with E-state index in [4.69, 9.17) is 0 Å². The third-order valence-electron chi connectivity index (χ3n) is 1.87. The highest BCUT2D eigenvalue weighted by Gasteiger charge is 2.11. The van der Waals surface area contributed by atoms with E-state index in [9.17, 15) is 4.79 Å². The lowest BCUT2D eigenvalue weighted by Crippen LogP contribution is -2.05. The molecule has 1 rings (SSSR count). The summed E-state index contributed by atoms with van der Waals surface area (Å²) in [6.07, 6.45) is 0. The van der Waals surface area contributed by atoms with Gasteiger partial charge in [-0.05, 0) is 17.2 Å². The van der Waals surface area contributed by atoms with Crippen molar-refractivity contribution in [3.63, 3.8) is 0 Å². The van der Waals surface area contributed by atoms with Crippen LogP contribution in [-0.4, -0.2) is 18.4 Å². The van der Waals surface area contributed by atoms with Gasteiger partial charge in [0.25, 0.3) is 0 Å². The Morgan fingerprint density at radius 3 is 2.50 bits per heavy atom. The molecule has 0 saturated heterocycles. The summed E-state index contributed by atoms with van der Waals surface area (Å²) in [5.74, 6) is -0.331. The zero-order valence-corrected chi connectivity index (χ0v) is 9.50. The van der Waals surface area contributed by atoms with Gasteiger partial charge < -0.3 is 4.74 Å². The Kier molecular flexibility index (Phi) is 3.89. The van der Waals surface area contributed by atoms with Crippen LogP contribution < -0.4 is 0 Å². The van der Waals surface area contributed by atoms with Crippen molar-refractivity contribution >= 4 is 27.5 Å². The van der Waals surface area contributed by atoms with E-state index < -0.39 is 0 Å². The molecule has 0 unspecified atom stereocenters. The van der Waals surface area contributed by atoms with Crippen LogP contribution in [0.5, 0.6) is 0 Å². The van der Waals surface area contributed by atoms with Crippen molar-refractivity contribution in [3.8, 4) is 0 Å². The van der Waals surface area contributed by atoms with Crippen molar-refractivity contribution in [2.24, 2.45) is 0 Å². The molecule has 2 nitrogen and oxygen atoms in total. The maximum absolute atomic E-state index is 11.4. The van der Waals surface area contributed by atoms with Crippen LogP contribution in [0, 0.1) is 0 Å². The van der Waals surface area contributed by atoms with E-state index in [2.05, 4.69) is 27.2 Å². The molecule has 0 aromatic heterocycles. The molecule has 0 N–H and O–H groups in total. The standard InChI is InChI=1S/C11H11BrO2/c1-8(7-12)9-5-3-4-6-10(9)11(13)14-2/h3-6H,1,7H2,2H3. The second-order valence-corrected chi connectivity index (χ2v) is 3.34. The zero-order chi connectivity index (χ0) is 10.6. The highest BCUT2D eigenvalue weighted by atomic mass is 79.9. The SMILES string of the molecule is C=C(CBr)c1ccccc1C(=O)OC. The van der Waals surface area contributed by atoms with Crippen LogP contribution in [0.15, 0.2) is 30.8 Å². The van der Waals surface area contributed by atoms with Crippen molar-refractivity contribution in [3.05, 3.63) is 42.0 Å². The molecule has 0 atom stereocenters. The number of allylic oxidation sites excluding steroid dienone is 1. The molecule has 0 heterocycles. The van der Waals surface area contributed by atoms with Gasteiger partial charge in [-0.3, -0.25) is 0 Å². The number of carbonyl (C=O) groups is 1. The Morgan fingerprint density at radius 1 is 1.43 bits per heavy atom. The number of ether oxygens (including phenoxy) is 1. The Balaban J connectivity index is 3.15. The first-order valence-corrected chi connectivity index (χ1v) is 5.24. The molecule has 0 spiro atoms. The average Bonchev–Trinajstić information content (AvgIpc) is 2.27. The van der Waals surface area contributed by atoms with Gasteiger partial charge in [0.2, 0.25) is 0 Å². The quantitative estimate of drug-likeness (QED) is 0.613. The number of benzene rings is 1. The monoisotopic (exact) mass is 254 g/mol. The normalized spacial score (nSPS) is 9.57. The molecule has 14 heavy (non-hydrogen) atoms. The summed E-state index contributed by atoms with van der Waals surface area (Å²) in [6.45, 7) is 3.87. The lowest BCUT2D eigenvalue weighted by Gasteiger charge is -2.07. The second-order valence-electron chi connectivity index (χ2n) is 2.77. The maximum atomic E-state index is 11.4. The van der Waals surface area contributed by atoms with Gasteiger partial charge in [0.1, 0.15) is 0 Å². The molecule has 0 fully saturated rings. The lowest BCUT2D eigenvalue weighted by atomic mass is 10.0. The van der Waals surface area contributed by atoms with Crippen molar-refractivity contribution in [2.45, 2.75) is 0 Å².